The smallest absolute Gasteiger partial charge is 0.322 e. The molecule has 2 amide bonds. The number of sulfonamides is 1. The molecular formula is C29H29FN4O3S. The number of nitrogens with zero attached hydrogens (tertiary/aromatic N) is 2. The summed E-state index contributed by atoms with van der Waals surface area (Å²) in [5.41, 5.74) is 4.91. The Labute approximate surface area is 222 Å². The van der Waals surface area contributed by atoms with Gasteiger partial charge in [-0.25, -0.2) is 22.3 Å². The Balaban J connectivity index is 1.41. The average Bonchev–Trinajstić information content (AvgIpc) is 3.53. The molecule has 1 heterocycles. The quantitative estimate of drug-likeness (QED) is 0.466. The maximum absolute atomic E-state index is 14.2. The van der Waals surface area contributed by atoms with Gasteiger partial charge in [0, 0.05) is 24.2 Å². The zero-order valence-electron chi connectivity index (χ0n) is 21.1. The molecule has 1 spiro atoms. The zero-order chi connectivity index (χ0) is 26.9. The summed E-state index contributed by atoms with van der Waals surface area (Å²) in [5, 5.41) is 12.2. The summed E-state index contributed by atoms with van der Waals surface area (Å²) in [7, 11) is -2.16. The molecule has 7 nitrogen and oxygen atoms in total. The summed E-state index contributed by atoms with van der Waals surface area (Å²) >= 11 is 0. The van der Waals surface area contributed by atoms with Gasteiger partial charge in [0.05, 0.1) is 17.4 Å². The number of fused-ring (bicyclic) bond motifs is 2. The number of halogens is 1. The molecule has 2 aliphatic rings. The lowest BCUT2D eigenvalue weighted by atomic mass is 9.79. The van der Waals surface area contributed by atoms with Crippen LogP contribution < -0.4 is 14.9 Å². The van der Waals surface area contributed by atoms with Crippen LogP contribution in [0.15, 0.2) is 65.6 Å². The predicted octanol–water partition coefficient (Wildman–Crippen LogP) is 5.01. The van der Waals surface area contributed by atoms with E-state index in [-0.39, 0.29) is 35.1 Å². The van der Waals surface area contributed by atoms with Crippen molar-refractivity contribution < 1.29 is 17.6 Å². The van der Waals surface area contributed by atoms with Crippen LogP contribution in [0.3, 0.4) is 0 Å². The van der Waals surface area contributed by atoms with Crippen LogP contribution in [-0.2, 0) is 28.4 Å². The van der Waals surface area contributed by atoms with Crippen molar-refractivity contribution in [2.45, 2.75) is 49.0 Å². The number of carbonyl (C=O) groups is 1. The largest absolute Gasteiger partial charge is 0.334 e. The van der Waals surface area contributed by atoms with Crippen molar-refractivity contribution in [1.82, 2.24) is 10.0 Å². The highest BCUT2D eigenvalue weighted by atomic mass is 32.2. The van der Waals surface area contributed by atoms with Crippen molar-refractivity contribution in [3.05, 3.63) is 83.2 Å². The molecule has 1 saturated carbocycles. The van der Waals surface area contributed by atoms with Crippen molar-refractivity contribution >= 4 is 21.7 Å². The van der Waals surface area contributed by atoms with Crippen LogP contribution in [0.25, 0.3) is 11.1 Å². The van der Waals surface area contributed by atoms with Crippen LogP contribution in [0.5, 0.6) is 0 Å². The van der Waals surface area contributed by atoms with E-state index in [0.29, 0.717) is 12.1 Å². The number of hydrogen-bond acceptors (Lipinski definition) is 4. The summed E-state index contributed by atoms with van der Waals surface area (Å²) in [6.45, 7) is 0.835. The lowest BCUT2D eigenvalue weighted by Gasteiger charge is -2.25. The fourth-order valence-corrected chi connectivity index (χ4v) is 6.46. The first-order chi connectivity index (χ1) is 18.3. The minimum Gasteiger partial charge on any atom is -0.334 e. The molecular weight excluding hydrogens is 503 g/mol. The highest BCUT2D eigenvalue weighted by Gasteiger charge is 2.46. The minimum absolute atomic E-state index is 0.144. The molecule has 9 heteroatoms. The van der Waals surface area contributed by atoms with E-state index < -0.39 is 10.0 Å². The van der Waals surface area contributed by atoms with Gasteiger partial charge in [-0.3, -0.25) is 4.90 Å². The van der Waals surface area contributed by atoms with E-state index in [1.807, 2.05) is 12.1 Å². The molecule has 3 aromatic rings. The first kappa shape index (κ1) is 25.9. The van der Waals surface area contributed by atoms with Crippen molar-refractivity contribution in [3.8, 4) is 17.2 Å². The Kier molecular flexibility index (Phi) is 6.95. The van der Waals surface area contributed by atoms with Gasteiger partial charge in [0.25, 0.3) is 0 Å². The first-order valence-corrected chi connectivity index (χ1v) is 14.1. The minimum atomic E-state index is -3.52. The molecule has 38 heavy (non-hydrogen) atoms. The number of anilines is 1. The summed E-state index contributed by atoms with van der Waals surface area (Å²) in [6, 6.07) is 18.7. The van der Waals surface area contributed by atoms with Crippen LogP contribution in [0, 0.1) is 17.1 Å². The van der Waals surface area contributed by atoms with E-state index in [0.717, 1.165) is 53.6 Å². The van der Waals surface area contributed by atoms with E-state index in [4.69, 9.17) is 0 Å². The van der Waals surface area contributed by atoms with Gasteiger partial charge >= 0.3 is 6.03 Å². The topological polar surface area (TPSA) is 102 Å². The molecule has 0 saturated heterocycles. The molecule has 0 bridgehead atoms. The van der Waals surface area contributed by atoms with Crippen molar-refractivity contribution in [3.63, 3.8) is 0 Å². The second-order valence-corrected chi connectivity index (χ2v) is 11.8. The summed E-state index contributed by atoms with van der Waals surface area (Å²) in [4.78, 5) is 15.3. The number of rotatable bonds is 6. The standard InChI is InChI=1S/C29H29FN4O3S/c1-32-38(36,37)24-9-4-20(5-10-24)18-33-28(35)34-19-29(13-2-3-14-29)26-16-22(7-11-27(26)34)25-17-23(30)8-6-21(25)12-15-31/h4-11,16-17,32H,2-3,12-14,18-19H2,1H3,(H,33,35). The first-order valence-electron chi connectivity index (χ1n) is 12.6. The maximum atomic E-state index is 14.2. The normalized spacial score (nSPS) is 15.9. The highest BCUT2D eigenvalue weighted by Crippen LogP contribution is 2.51. The number of nitrogens with one attached hydrogen (secondary N) is 2. The number of carbonyl (C=O) groups excluding carboxylic acids is 1. The third kappa shape index (κ3) is 4.77. The number of benzene rings is 3. The molecule has 1 aliphatic heterocycles. The monoisotopic (exact) mass is 532 g/mol. The van der Waals surface area contributed by atoms with Crippen molar-refractivity contribution in [2.75, 3.05) is 18.5 Å². The van der Waals surface area contributed by atoms with E-state index >= 15 is 0 Å². The highest BCUT2D eigenvalue weighted by molar-refractivity contribution is 7.89. The Bertz CT molecular complexity index is 1520. The second-order valence-electron chi connectivity index (χ2n) is 9.95. The number of hydrogen-bond donors (Lipinski definition) is 2. The van der Waals surface area contributed by atoms with E-state index in [2.05, 4.69) is 22.2 Å². The Hall–Kier alpha value is -3.74. The van der Waals surface area contributed by atoms with Crippen LogP contribution in [0.4, 0.5) is 14.9 Å². The third-order valence-electron chi connectivity index (χ3n) is 7.72. The third-order valence-corrected chi connectivity index (χ3v) is 9.15. The zero-order valence-corrected chi connectivity index (χ0v) is 21.9. The van der Waals surface area contributed by atoms with Crippen LogP contribution in [-0.4, -0.2) is 28.0 Å². The van der Waals surface area contributed by atoms with E-state index in [1.165, 1.54) is 31.3 Å². The molecule has 1 fully saturated rings. The van der Waals surface area contributed by atoms with Gasteiger partial charge in [-0.2, -0.15) is 5.26 Å². The summed E-state index contributed by atoms with van der Waals surface area (Å²) in [5.74, 6) is -0.352. The molecule has 1 aliphatic carbocycles. The number of amides is 2. The second kappa shape index (κ2) is 10.2. The van der Waals surface area contributed by atoms with Gasteiger partial charge < -0.3 is 5.32 Å². The number of urea groups is 1. The summed E-state index contributed by atoms with van der Waals surface area (Å²) in [6.07, 6.45) is 4.31. The lowest BCUT2D eigenvalue weighted by Crippen LogP contribution is -2.41. The fourth-order valence-electron chi connectivity index (χ4n) is 5.73. The summed E-state index contributed by atoms with van der Waals surface area (Å²) < 4.78 is 40.4. The molecule has 0 radical (unpaired) electrons. The molecule has 196 valence electrons. The van der Waals surface area contributed by atoms with Crippen molar-refractivity contribution in [1.29, 1.82) is 5.26 Å². The van der Waals surface area contributed by atoms with E-state index in [9.17, 15) is 22.9 Å². The van der Waals surface area contributed by atoms with Gasteiger partial charge in [-0.1, -0.05) is 37.1 Å². The maximum Gasteiger partial charge on any atom is 0.322 e. The fraction of sp³-hybridized carbons (Fsp3) is 0.310. The average molecular weight is 533 g/mol. The molecule has 0 atom stereocenters. The Morgan fingerprint density at radius 2 is 1.82 bits per heavy atom. The van der Waals surface area contributed by atoms with Crippen LogP contribution in [0.2, 0.25) is 0 Å². The van der Waals surface area contributed by atoms with Gasteiger partial charge in [-0.05, 0) is 84.1 Å². The Morgan fingerprint density at radius 3 is 2.50 bits per heavy atom. The van der Waals surface area contributed by atoms with Gasteiger partial charge in [-0.15, -0.1) is 0 Å². The SMILES string of the molecule is CNS(=O)(=O)c1ccc(CNC(=O)N2CC3(CCCC3)c3cc(-c4cc(F)ccc4CC#N)ccc32)cc1. The molecule has 2 N–H and O–H groups in total. The molecule has 0 aromatic heterocycles. The van der Waals surface area contributed by atoms with Crippen LogP contribution in [0.1, 0.15) is 42.4 Å². The lowest BCUT2D eigenvalue weighted by molar-refractivity contribution is 0.245. The van der Waals surface area contributed by atoms with Gasteiger partial charge in [0.1, 0.15) is 5.82 Å². The van der Waals surface area contributed by atoms with Crippen molar-refractivity contribution in [2.24, 2.45) is 0 Å². The molecule has 0 unspecified atom stereocenters. The number of nitriles is 1. The molecule has 5 rings (SSSR count). The van der Waals surface area contributed by atoms with E-state index in [1.54, 1.807) is 23.1 Å². The van der Waals surface area contributed by atoms with Gasteiger partial charge in [0.15, 0.2) is 0 Å². The van der Waals surface area contributed by atoms with Crippen LogP contribution >= 0.6 is 0 Å². The Morgan fingerprint density at radius 1 is 1.08 bits per heavy atom. The molecule has 3 aromatic carbocycles. The predicted molar refractivity (Wildman–Crippen MR) is 144 cm³/mol. The van der Waals surface area contributed by atoms with Gasteiger partial charge in [0.2, 0.25) is 10.0 Å².